The molecule has 1 aliphatic heterocycles. The Balaban J connectivity index is 1.85. The predicted molar refractivity (Wildman–Crippen MR) is 116 cm³/mol. The zero-order valence-corrected chi connectivity index (χ0v) is 18.7. The van der Waals surface area contributed by atoms with Crippen LogP contribution >= 0.6 is 0 Å². The molecule has 11 heteroatoms. The van der Waals surface area contributed by atoms with Crippen LogP contribution < -0.4 is 0 Å². The van der Waals surface area contributed by atoms with Gasteiger partial charge in [-0.05, 0) is 35.4 Å². The molecule has 0 saturated carbocycles. The third-order valence-corrected chi connectivity index (χ3v) is 8.93. The van der Waals surface area contributed by atoms with Gasteiger partial charge < -0.3 is 0 Å². The van der Waals surface area contributed by atoms with E-state index in [0.717, 1.165) is 0 Å². The Kier molecular flexibility index (Phi) is 6.53. The molecule has 166 valence electrons. The van der Waals surface area contributed by atoms with E-state index in [0.29, 0.717) is 11.1 Å². The Labute approximate surface area is 182 Å². The second-order valence-corrected chi connectivity index (χ2v) is 12.1. The summed E-state index contributed by atoms with van der Waals surface area (Å²) >= 11 is 0. The number of benzene rings is 2. The molecule has 31 heavy (non-hydrogen) atoms. The lowest BCUT2D eigenvalue weighted by atomic mass is 10.2. The molecule has 0 aromatic heterocycles. The highest BCUT2D eigenvalue weighted by Crippen LogP contribution is 2.27. The smallest absolute Gasteiger partial charge is 0.259 e. The monoisotopic (exact) mass is 484 g/mol. The van der Waals surface area contributed by atoms with Crippen molar-refractivity contribution in [2.24, 2.45) is 0 Å². The van der Waals surface area contributed by atoms with Gasteiger partial charge in [-0.3, -0.25) is 8.37 Å². The lowest BCUT2D eigenvalue weighted by molar-refractivity contribution is 0.101. The maximum Gasteiger partial charge on any atom is 0.297 e. The average molecular weight is 485 g/mol. The summed E-state index contributed by atoms with van der Waals surface area (Å²) in [6.07, 6.45) is 0.0152. The predicted octanol–water partition coefficient (Wildman–Crippen LogP) is 2.25. The van der Waals surface area contributed by atoms with E-state index in [4.69, 9.17) is 8.37 Å². The van der Waals surface area contributed by atoms with Crippen molar-refractivity contribution in [3.8, 4) is 0 Å². The topological polar surface area (TPSA) is 121 Å². The Morgan fingerprint density at radius 1 is 0.710 bits per heavy atom. The molecule has 2 aromatic carbocycles. The summed E-state index contributed by atoms with van der Waals surface area (Å²) in [6.45, 7) is 7.15. The molecule has 3 rings (SSSR count). The van der Waals surface area contributed by atoms with E-state index in [9.17, 15) is 25.3 Å². The molecular formula is C20H20O8S3. The van der Waals surface area contributed by atoms with Gasteiger partial charge in [0, 0.05) is 0 Å². The van der Waals surface area contributed by atoms with Crippen LogP contribution in [0.15, 0.2) is 71.5 Å². The van der Waals surface area contributed by atoms with Crippen LogP contribution in [-0.4, -0.2) is 49.0 Å². The standard InChI is InChI=1S/C20H20O8S3/c1-3-15-5-9-17(10-6-15)30(23,24)27-19-13-29(21,22)14-20(19)28-31(25,26)18-11-7-16(4-2)8-12-18/h3-12,19-20H,1-2,13-14H2/t19-,20+. The average Bonchev–Trinajstić information content (AvgIpc) is 2.99. The van der Waals surface area contributed by atoms with Crippen molar-refractivity contribution in [3.05, 3.63) is 72.8 Å². The minimum atomic E-state index is -4.37. The molecule has 8 nitrogen and oxygen atoms in total. The van der Waals surface area contributed by atoms with E-state index in [1.54, 1.807) is 0 Å². The van der Waals surface area contributed by atoms with Crippen molar-refractivity contribution >= 4 is 42.2 Å². The summed E-state index contributed by atoms with van der Waals surface area (Å²) in [5, 5.41) is 0. The van der Waals surface area contributed by atoms with E-state index in [1.165, 1.54) is 60.7 Å². The number of sulfone groups is 1. The van der Waals surface area contributed by atoms with Gasteiger partial charge >= 0.3 is 0 Å². The molecule has 0 spiro atoms. The van der Waals surface area contributed by atoms with Crippen molar-refractivity contribution in [2.75, 3.05) is 11.5 Å². The minimum absolute atomic E-state index is 0.205. The van der Waals surface area contributed by atoms with Gasteiger partial charge in [0.2, 0.25) is 0 Å². The van der Waals surface area contributed by atoms with Crippen molar-refractivity contribution < 1.29 is 33.6 Å². The van der Waals surface area contributed by atoms with Crippen LogP contribution in [0.2, 0.25) is 0 Å². The van der Waals surface area contributed by atoms with Crippen LogP contribution in [0.4, 0.5) is 0 Å². The van der Waals surface area contributed by atoms with Gasteiger partial charge in [0.25, 0.3) is 20.2 Å². The van der Waals surface area contributed by atoms with Crippen LogP contribution in [0.5, 0.6) is 0 Å². The first-order valence-electron chi connectivity index (χ1n) is 8.98. The SMILES string of the molecule is C=Cc1ccc(S(=O)(=O)O[C@H]2CS(=O)(=O)C[C@H]2OS(=O)(=O)c2ccc(C=C)cc2)cc1. The first kappa shape index (κ1) is 23.4. The van der Waals surface area contributed by atoms with Crippen molar-refractivity contribution in [1.82, 2.24) is 0 Å². The molecule has 0 aliphatic carbocycles. The molecule has 0 amide bonds. The van der Waals surface area contributed by atoms with Crippen LogP contribution in [0.1, 0.15) is 11.1 Å². The fourth-order valence-electron chi connectivity index (χ4n) is 2.94. The third-order valence-electron chi connectivity index (χ3n) is 4.56. The Morgan fingerprint density at radius 2 is 1.03 bits per heavy atom. The second kappa shape index (κ2) is 8.67. The fourth-order valence-corrected chi connectivity index (χ4v) is 7.01. The van der Waals surface area contributed by atoms with Gasteiger partial charge in [-0.1, -0.05) is 49.6 Å². The normalized spacial score (nSPS) is 20.9. The molecule has 1 fully saturated rings. The van der Waals surface area contributed by atoms with Gasteiger partial charge in [0.1, 0.15) is 12.2 Å². The first-order chi connectivity index (χ1) is 14.5. The lowest BCUT2D eigenvalue weighted by Gasteiger charge is -2.18. The zero-order valence-electron chi connectivity index (χ0n) is 16.2. The van der Waals surface area contributed by atoms with Gasteiger partial charge in [-0.25, -0.2) is 8.42 Å². The van der Waals surface area contributed by atoms with Crippen molar-refractivity contribution in [2.45, 2.75) is 22.0 Å². The fraction of sp³-hybridized carbons (Fsp3) is 0.200. The van der Waals surface area contributed by atoms with Crippen molar-refractivity contribution in [1.29, 1.82) is 0 Å². The highest BCUT2D eigenvalue weighted by atomic mass is 32.2. The summed E-state index contributed by atoms with van der Waals surface area (Å²) in [7, 11) is -12.5. The molecule has 2 aromatic rings. The van der Waals surface area contributed by atoms with Gasteiger partial charge in [0.15, 0.2) is 9.84 Å². The summed E-state index contributed by atoms with van der Waals surface area (Å²) in [5.41, 5.74) is 1.36. The summed E-state index contributed by atoms with van der Waals surface area (Å²) < 4.78 is 84.7. The summed E-state index contributed by atoms with van der Waals surface area (Å²) in [5.74, 6) is -1.38. The van der Waals surface area contributed by atoms with E-state index in [1.807, 2.05) is 0 Å². The van der Waals surface area contributed by atoms with E-state index < -0.39 is 53.8 Å². The van der Waals surface area contributed by atoms with Crippen LogP contribution in [-0.2, 0) is 38.4 Å². The van der Waals surface area contributed by atoms with E-state index in [-0.39, 0.29) is 9.79 Å². The summed E-state index contributed by atoms with van der Waals surface area (Å²) in [6, 6.07) is 11.1. The molecule has 0 unspecified atom stereocenters. The van der Waals surface area contributed by atoms with Crippen LogP contribution in [0.3, 0.4) is 0 Å². The zero-order chi connectivity index (χ0) is 22.9. The molecule has 0 radical (unpaired) electrons. The van der Waals surface area contributed by atoms with Gasteiger partial charge in [-0.15, -0.1) is 0 Å². The second-order valence-electron chi connectivity index (χ2n) is 6.80. The Bertz CT molecular complexity index is 1190. The molecule has 0 N–H and O–H groups in total. The number of rotatable bonds is 8. The van der Waals surface area contributed by atoms with Gasteiger partial charge in [-0.2, -0.15) is 16.8 Å². The molecule has 1 heterocycles. The molecule has 1 aliphatic rings. The third kappa shape index (κ3) is 5.49. The maximum atomic E-state index is 12.6. The highest BCUT2D eigenvalue weighted by Gasteiger charge is 2.44. The highest BCUT2D eigenvalue weighted by molar-refractivity contribution is 7.92. The molecule has 1 saturated heterocycles. The largest absolute Gasteiger partial charge is 0.297 e. The van der Waals surface area contributed by atoms with Crippen LogP contribution in [0.25, 0.3) is 12.2 Å². The maximum absolute atomic E-state index is 12.6. The number of hydrogen-bond acceptors (Lipinski definition) is 8. The Morgan fingerprint density at radius 3 is 1.32 bits per heavy atom. The molecule has 0 bridgehead atoms. The van der Waals surface area contributed by atoms with E-state index >= 15 is 0 Å². The quantitative estimate of drug-likeness (QED) is 0.523. The summed E-state index contributed by atoms with van der Waals surface area (Å²) in [4.78, 5) is -0.409. The van der Waals surface area contributed by atoms with E-state index in [2.05, 4.69) is 13.2 Å². The lowest BCUT2D eigenvalue weighted by Crippen LogP contribution is -2.34. The van der Waals surface area contributed by atoms with Gasteiger partial charge in [0.05, 0.1) is 21.3 Å². The minimum Gasteiger partial charge on any atom is -0.259 e. The molecular weight excluding hydrogens is 464 g/mol. The first-order valence-corrected chi connectivity index (χ1v) is 13.6. The molecule has 2 atom stereocenters. The number of hydrogen-bond donors (Lipinski definition) is 0. The Hall–Kier alpha value is -2.31. The van der Waals surface area contributed by atoms with Crippen molar-refractivity contribution in [3.63, 3.8) is 0 Å². The van der Waals surface area contributed by atoms with Crippen LogP contribution in [0, 0.1) is 0 Å².